The van der Waals surface area contributed by atoms with Crippen LogP contribution >= 0.6 is 11.8 Å². The van der Waals surface area contributed by atoms with E-state index in [1.54, 1.807) is 11.8 Å². The lowest BCUT2D eigenvalue weighted by Crippen LogP contribution is -2.60. The summed E-state index contributed by atoms with van der Waals surface area (Å²) >= 11 is 1.62. The van der Waals surface area contributed by atoms with E-state index in [-0.39, 0.29) is 11.4 Å². The molecule has 0 atom stereocenters. The van der Waals surface area contributed by atoms with Gasteiger partial charge in [-0.3, -0.25) is 4.79 Å². The smallest absolute Gasteiger partial charge is 0.230 e. The minimum Gasteiger partial charge on any atom is -0.361 e. The van der Waals surface area contributed by atoms with Gasteiger partial charge in [-0.15, -0.1) is 11.8 Å². The summed E-state index contributed by atoms with van der Waals surface area (Å²) in [4.78, 5) is 12.3. The van der Waals surface area contributed by atoms with E-state index in [9.17, 15) is 4.79 Å². The van der Waals surface area contributed by atoms with Gasteiger partial charge in [-0.1, -0.05) is 5.16 Å². The second-order valence-corrected chi connectivity index (χ2v) is 8.65. The molecule has 0 radical (unpaired) electrons. The highest BCUT2D eigenvalue weighted by molar-refractivity contribution is 7.99. The molecule has 5 rings (SSSR count). The van der Waals surface area contributed by atoms with Crippen LogP contribution in [0.25, 0.3) is 0 Å². The van der Waals surface area contributed by atoms with Crippen molar-refractivity contribution < 1.29 is 9.32 Å². The summed E-state index contributed by atoms with van der Waals surface area (Å²) in [5.41, 5.74) is 1.06. The first-order valence-corrected chi connectivity index (χ1v) is 9.57. The van der Waals surface area contributed by atoms with Crippen molar-refractivity contribution in [3.05, 3.63) is 17.5 Å². The van der Waals surface area contributed by atoms with Crippen molar-refractivity contribution in [1.29, 1.82) is 0 Å². The molecule has 22 heavy (non-hydrogen) atoms. The Hall–Kier alpha value is -0.970. The Bertz CT molecular complexity index is 533. The minimum atomic E-state index is 0.136. The number of hydrogen-bond donors (Lipinski definition) is 1. The lowest BCUT2D eigenvalue weighted by atomic mass is 9.53. The van der Waals surface area contributed by atoms with E-state index in [0.29, 0.717) is 5.75 Å². The van der Waals surface area contributed by atoms with Crippen molar-refractivity contribution in [2.45, 2.75) is 56.7 Å². The van der Waals surface area contributed by atoms with E-state index in [4.69, 9.17) is 4.52 Å². The van der Waals surface area contributed by atoms with Crippen molar-refractivity contribution >= 4 is 17.7 Å². The molecule has 0 spiro atoms. The summed E-state index contributed by atoms with van der Waals surface area (Å²) in [6.07, 6.45) is 7.90. The SMILES string of the molecule is Cc1cc(CSCC(=O)NC23CC4CC(CC(C4)C2)C3)no1. The molecule has 1 N–H and O–H groups in total. The van der Waals surface area contributed by atoms with Gasteiger partial charge in [0.2, 0.25) is 5.91 Å². The molecule has 0 saturated heterocycles. The molecule has 0 unspecified atom stereocenters. The van der Waals surface area contributed by atoms with Gasteiger partial charge in [0.05, 0.1) is 11.4 Å². The summed E-state index contributed by atoms with van der Waals surface area (Å²) < 4.78 is 5.05. The molecule has 5 heteroatoms. The van der Waals surface area contributed by atoms with Gasteiger partial charge in [0.25, 0.3) is 0 Å². The Balaban J connectivity index is 1.29. The quantitative estimate of drug-likeness (QED) is 0.904. The Morgan fingerprint density at radius 1 is 1.32 bits per heavy atom. The zero-order valence-electron chi connectivity index (χ0n) is 13.1. The summed E-state index contributed by atoms with van der Waals surface area (Å²) in [7, 11) is 0. The first-order valence-electron chi connectivity index (χ1n) is 8.41. The third-order valence-corrected chi connectivity index (χ3v) is 6.57. The van der Waals surface area contributed by atoms with E-state index in [1.165, 1.54) is 38.5 Å². The molecule has 4 bridgehead atoms. The van der Waals surface area contributed by atoms with Crippen LogP contribution in [0.3, 0.4) is 0 Å². The highest BCUT2D eigenvalue weighted by Gasteiger charge is 2.51. The number of aryl methyl sites for hydroxylation is 1. The maximum atomic E-state index is 12.3. The second kappa shape index (κ2) is 5.59. The normalized spacial score (nSPS) is 35.8. The molecule has 4 aliphatic carbocycles. The third kappa shape index (κ3) is 2.92. The number of amides is 1. The van der Waals surface area contributed by atoms with Gasteiger partial charge in [0.1, 0.15) is 5.76 Å². The van der Waals surface area contributed by atoms with Crippen LogP contribution in [0.15, 0.2) is 10.6 Å². The predicted octanol–water partition coefficient (Wildman–Crippen LogP) is 3.30. The van der Waals surface area contributed by atoms with E-state index < -0.39 is 0 Å². The van der Waals surface area contributed by atoms with Crippen molar-refractivity contribution in [1.82, 2.24) is 10.5 Å². The standard InChI is InChI=1S/C17H24N2O2S/c1-11-2-15(19-21-11)9-22-10-16(20)18-17-6-12-3-13(7-17)5-14(4-12)8-17/h2,12-14H,3-10H2,1H3,(H,18,20). The van der Waals surface area contributed by atoms with Crippen LogP contribution in [0.5, 0.6) is 0 Å². The molecule has 1 amide bonds. The lowest BCUT2D eigenvalue weighted by Gasteiger charge is -2.56. The average molecular weight is 320 g/mol. The number of carbonyl (C=O) groups excluding carboxylic acids is 1. The molecule has 4 nitrogen and oxygen atoms in total. The molecule has 120 valence electrons. The number of thioether (sulfide) groups is 1. The number of aromatic nitrogens is 1. The number of hydrogen-bond acceptors (Lipinski definition) is 4. The van der Waals surface area contributed by atoms with Crippen molar-refractivity contribution in [3.63, 3.8) is 0 Å². The Morgan fingerprint density at radius 2 is 1.95 bits per heavy atom. The van der Waals surface area contributed by atoms with Crippen LogP contribution in [0, 0.1) is 24.7 Å². The topological polar surface area (TPSA) is 55.1 Å². The van der Waals surface area contributed by atoms with Gasteiger partial charge in [0.15, 0.2) is 0 Å². The first kappa shape index (κ1) is 14.6. The third-order valence-electron chi connectivity index (χ3n) is 5.60. The van der Waals surface area contributed by atoms with Gasteiger partial charge < -0.3 is 9.84 Å². The van der Waals surface area contributed by atoms with Gasteiger partial charge >= 0.3 is 0 Å². The second-order valence-electron chi connectivity index (χ2n) is 7.67. The summed E-state index contributed by atoms with van der Waals surface area (Å²) in [5, 5.41) is 7.38. The van der Waals surface area contributed by atoms with Gasteiger partial charge in [0, 0.05) is 17.4 Å². The van der Waals surface area contributed by atoms with Crippen LogP contribution in [0.4, 0.5) is 0 Å². The predicted molar refractivity (Wildman–Crippen MR) is 86.4 cm³/mol. The van der Waals surface area contributed by atoms with Gasteiger partial charge in [-0.05, 0) is 63.2 Å². The zero-order valence-corrected chi connectivity index (χ0v) is 14.0. The number of nitrogens with zero attached hydrogens (tertiary/aromatic N) is 1. The molecular formula is C17H24N2O2S. The van der Waals surface area contributed by atoms with Gasteiger partial charge in [-0.2, -0.15) is 0 Å². The van der Waals surface area contributed by atoms with Crippen molar-refractivity contribution in [2.75, 3.05) is 5.75 Å². The summed E-state index contributed by atoms with van der Waals surface area (Å²) in [6.45, 7) is 1.89. The fraction of sp³-hybridized carbons (Fsp3) is 0.765. The first-order chi connectivity index (χ1) is 10.6. The molecule has 4 fully saturated rings. The summed E-state index contributed by atoms with van der Waals surface area (Å²) in [6, 6.07) is 1.93. The van der Waals surface area contributed by atoms with Crippen molar-refractivity contribution in [3.8, 4) is 0 Å². The Morgan fingerprint density at radius 3 is 2.50 bits per heavy atom. The number of nitrogens with one attached hydrogen (secondary N) is 1. The summed E-state index contributed by atoms with van der Waals surface area (Å²) in [5.74, 6) is 4.91. The molecule has 1 aromatic rings. The van der Waals surface area contributed by atoms with Crippen LogP contribution in [-0.4, -0.2) is 22.4 Å². The Labute approximate surface area is 135 Å². The zero-order chi connectivity index (χ0) is 15.2. The van der Waals surface area contributed by atoms with Crippen LogP contribution in [0.1, 0.15) is 50.0 Å². The monoisotopic (exact) mass is 320 g/mol. The fourth-order valence-electron chi connectivity index (χ4n) is 5.33. The minimum absolute atomic E-state index is 0.136. The molecule has 4 aliphatic rings. The van der Waals surface area contributed by atoms with E-state index >= 15 is 0 Å². The molecule has 1 heterocycles. The van der Waals surface area contributed by atoms with Crippen LogP contribution in [0.2, 0.25) is 0 Å². The van der Waals surface area contributed by atoms with Crippen LogP contribution < -0.4 is 5.32 Å². The van der Waals surface area contributed by atoms with E-state index in [1.807, 2.05) is 13.0 Å². The van der Waals surface area contributed by atoms with Crippen LogP contribution in [-0.2, 0) is 10.5 Å². The Kier molecular flexibility index (Phi) is 3.71. The van der Waals surface area contributed by atoms with Gasteiger partial charge in [-0.25, -0.2) is 0 Å². The number of rotatable bonds is 5. The molecule has 0 aromatic carbocycles. The average Bonchev–Trinajstić information content (AvgIpc) is 2.82. The van der Waals surface area contributed by atoms with E-state index in [0.717, 1.165) is 35.0 Å². The molecule has 4 saturated carbocycles. The maximum Gasteiger partial charge on any atom is 0.230 e. The van der Waals surface area contributed by atoms with Crippen molar-refractivity contribution in [2.24, 2.45) is 17.8 Å². The highest BCUT2D eigenvalue weighted by Crippen LogP contribution is 2.55. The largest absolute Gasteiger partial charge is 0.361 e. The lowest BCUT2D eigenvalue weighted by molar-refractivity contribution is -0.124. The maximum absolute atomic E-state index is 12.3. The molecular weight excluding hydrogens is 296 g/mol. The van der Waals surface area contributed by atoms with E-state index in [2.05, 4.69) is 10.5 Å². The highest BCUT2D eigenvalue weighted by atomic mass is 32.2. The molecule has 1 aromatic heterocycles. The number of carbonyl (C=O) groups is 1. The molecule has 0 aliphatic heterocycles. The fourth-order valence-corrected chi connectivity index (χ4v) is 6.03.